The van der Waals surface area contributed by atoms with E-state index in [1.165, 1.54) is 50.6 Å². The SMILES string of the molecule is CN1CCCN(Cc2cccc(OCC(O)CN(C)C3CCCCC3)c2)CC1. The van der Waals surface area contributed by atoms with Gasteiger partial charge in [0.1, 0.15) is 18.5 Å². The fourth-order valence-electron chi connectivity index (χ4n) is 4.50. The fourth-order valence-corrected chi connectivity index (χ4v) is 4.50. The van der Waals surface area contributed by atoms with E-state index in [9.17, 15) is 5.11 Å². The molecule has 1 heterocycles. The maximum absolute atomic E-state index is 10.4. The molecule has 0 radical (unpaired) electrons. The van der Waals surface area contributed by atoms with Gasteiger partial charge in [-0.3, -0.25) is 4.90 Å². The van der Waals surface area contributed by atoms with Crippen molar-refractivity contribution in [2.75, 3.05) is 53.4 Å². The molecule has 1 unspecified atom stereocenters. The number of nitrogens with zero attached hydrogens (tertiary/aromatic N) is 3. The first-order chi connectivity index (χ1) is 13.6. The number of likely N-dealkylation sites (N-methyl/N-ethyl adjacent to an activating group) is 2. The van der Waals surface area contributed by atoms with E-state index in [1.54, 1.807) is 0 Å². The Kier molecular flexibility index (Phi) is 8.59. The van der Waals surface area contributed by atoms with Crippen molar-refractivity contribution in [3.63, 3.8) is 0 Å². The Bertz CT molecular complexity index is 577. The van der Waals surface area contributed by atoms with Crippen molar-refractivity contribution in [1.82, 2.24) is 14.7 Å². The molecule has 3 rings (SSSR count). The first kappa shape index (κ1) is 21.6. The van der Waals surface area contributed by atoms with Gasteiger partial charge >= 0.3 is 0 Å². The molecule has 1 atom stereocenters. The van der Waals surface area contributed by atoms with Crippen molar-refractivity contribution >= 4 is 0 Å². The Morgan fingerprint density at radius 1 is 1.11 bits per heavy atom. The van der Waals surface area contributed by atoms with E-state index < -0.39 is 6.10 Å². The second-order valence-corrected chi connectivity index (χ2v) is 8.78. The molecule has 1 saturated heterocycles. The van der Waals surface area contributed by atoms with Crippen LogP contribution in [0.4, 0.5) is 0 Å². The Labute approximate surface area is 171 Å². The molecule has 0 spiro atoms. The standard InChI is InChI=1S/C23H39N3O2/c1-24-12-7-13-26(15-14-24)17-20-8-6-11-23(16-20)28-19-22(27)18-25(2)21-9-4-3-5-10-21/h6,8,11,16,21-22,27H,3-5,7,9-10,12-15,17-19H2,1-2H3. The van der Waals surface area contributed by atoms with Gasteiger partial charge in [-0.2, -0.15) is 0 Å². The summed E-state index contributed by atoms with van der Waals surface area (Å²) in [7, 11) is 4.34. The van der Waals surface area contributed by atoms with E-state index in [1.807, 2.05) is 6.07 Å². The molecule has 1 saturated carbocycles. The van der Waals surface area contributed by atoms with Gasteiger partial charge in [-0.1, -0.05) is 31.4 Å². The van der Waals surface area contributed by atoms with Crippen LogP contribution in [-0.4, -0.2) is 85.4 Å². The quantitative estimate of drug-likeness (QED) is 0.740. The van der Waals surface area contributed by atoms with Crippen LogP contribution in [-0.2, 0) is 6.54 Å². The predicted molar refractivity (Wildman–Crippen MR) is 115 cm³/mol. The zero-order valence-electron chi connectivity index (χ0n) is 17.9. The van der Waals surface area contributed by atoms with Gasteiger partial charge < -0.3 is 19.6 Å². The van der Waals surface area contributed by atoms with Crippen LogP contribution >= 0.6 is 0 Å². The zero-order chi connectivity index (χ0) is 19.8. The molecule has 2 aliphatic rings. The van der Waals surface area contributed by atoms with E-state index in [0.29, 0.717) is 19.2 Å². The van der Waals surface area contributed by atoms with Crippen LogP contribution in [0.25, 0.3) is 0 Å². The molecule has 2 fully saturated rings. The highest BCUT2D eigenvalue weighted by molar-refractivity contribution is 5.28. The number of aliphatic hydroxyl groups excluding tert-OH is 1. The van der Waals surface area contributed by atoms with Crippen molar-refractivity contribution in [1.29, 1.82) is 0 Å². The molecular formula is C23H39N3O2. The Hall–Kier alpha value is -1.14. The maximum Gasteiger partial charge on any atom is 0.119 e. The number of benzene rings is 1. The van der Waals surface area contributed by atoms with Crippen LogP contribution in [0.5, 0.6) is 5.75 Å². The van der Waals surface area contributed by atoms with Crippen LogP contribution < -0.4 is 4.74 Å². The zero-order valence-corrected chi connectivity index (χ0v) is 17.9. The molecule has 158 valence electrons. The van der Waals surface area contributed by atoms with Crippen molar-refractivity contribution < 1.29 is 9.84 Å². The highest BCUT2D eigenvalue weighted by atomic mass is 16.5. The monoisotopic (exact) mass is 389 g/mol. The average molecular weight is 390 g/mol. The van der Waals surface area contributed by atoms with Gasteiger partial charge in [0.05, 0.1) is 0 Å². The van der Waals surface area contributed by atoms with Crippen LogP contribution in [0.1, 0.15) is 44.1 Å². The van der Waals surface area contributed by atoms with E-state index in [-0.39, 0.29) is 0 Å². The summed E-state index contributed by atoms with van der Waals surface area (Å²) in [6, 6.07) is 8.99. The molecule has 0 amide bonds. The van der Waals surface area contributed by atoms with Crippen LogP contribution in [0.3, 0.4) is 0 Å². The number of ether oxygens (including phenoxy) is 1. The third-order valence-electron chi connectivity index (χ3n) is 6.26. The smallest absolute Gasteiger partial charge is 0.119 e. The molecule has 0 bridgehead atoms. The summed E-state index contributed by atoms with van der Waals surface area (Å²) in [5, 5.41) is 10.4. The molecule has 5 heteroatoms. The van der Waals surface area contributed by atoms with E-state index >= 15 is 0 Å². The molecule has 1 aliphatic heterocycles. The molecular weight excluding hydrogens is 350 g/mol. The maximum atomic E-state index is 10.4. The number of aliphatic hydroxyl groups is 1. The lowest BCUT2D eigenvalue weighted by Crippen LogP contribution is -2.40. The van der Waals surface area contributed by atoms with Crippen molar-refractivity contribution in [2.45, 2.75) is 57.2 Å². The Balaban J connectivity index is 1.43. The van der Waals surface area contributed by atoms with Crippen molar-refractivity contribution in [3.8, 4) is 5.75 Å². The van der Waals surface area contributed by atoms with Gasteiger partial charge in [-0.05, 0) is 64.1 Å². The van der Waals surface area contributed by atoms with Gasteiger partial charge in [0.15, 0.2) is 0 Å². The lowest BCUT2D eigenvalue weighted by atomic mass is 9.94. The second-order valence-electron chi connectivity index (χ2n) is 8.78. The Morgan fingerprint density at radius 2 is 1.93 bits per heavy atom. The highest BCUT2D eigenvalue weighted by Crippen LogP contribution is 2.22. The molecule has 1 aromatic rings. The first-order valence-corrected chi connectivity index (χ1v) is 11.1. The summed E-state index contributed by atoms with van der Waals surface area (Å²) in [6.45, 7) is 6.61. The largest absolute Gasteiger partial charge is 0.491 e. The molecule has 1 aromatic carbocycles. The summed E-state index contributed by atoms with van der Waals surface area (Å²) in [5.74, 6) is 0.865. The minimum absolute atomic E-state index is 0.356. The Morgan fingerprint density at radius 3 is 2.75 bits per heavy atom. The average Bonchev–Trinajstić information content (AvgIpc) is 2.91. The van der Waals surface area contributed by atoms with Gasteiger partial charge in [0.25, 0.3) is 0 Å². The number of hydrogen-bond acceptors (Lipinski definition) is 5. The second kappa shape index (κ2) is 11.1. The number of rotatable bonds is 8. The fraction of sp³-hybridized carbons (Fsp3) is 0.739. The van der Waals surface area contributed by atoms with Crippen molar-refractivity contribution in [2.24, 2.45) is 0 Å². The molecule has 0 aromatic heterocycles. The highest BCUT2D eigenvalue weighted by Gasteiger charge is 2.20. The normalized spacial score (nSPS) is 21.6. The third kappa shape index (κ3) is 7.03. The van der Waals surface area contributed by atoms with E-state index in [0.717, 1.165) is 31.9 Å². The lowest BCUT2D eigenvalue weighted by Gasteiger charge is -2.32. The number of hydrogen-bond donors (Lipinski definition) is 1. The topological polar surface area (TPSA) is 39.2 Å². The molecule has 5 nitrogen and oxygen atoms in total. The minimum Gasteiger partial charge on any atom is -0.491 e. The third-order valence-corrected chi connectivity index (χ3v) is 6.26. The van der Waals surface area contributed by atoms with Crippen LogP contribution in [0.15, 0.2) is 24.3 Å². The summed E-state index contributed by atoms with van der Waals surface area (Å²) in [4.78, 5) is 7.25. The predicted octanol–water partition coefficient (Wildman–Crippen LogP) is 2.83. The van der Waals surface area contributed by atoms with Gasteiger partial charge in [-0.15, -0.1) is 0 Å². The summed E-state index contributed by atoms with van der Waals surface area (Å²) in [6.07, 6.45) is 7.31. The summed E-state index contributed by atoms with van der Waals surface area (Å²) >= 11 is 0. The van der Waals surface area contributed by atoms with Crippen LogP contribution in [0, 0.1) is 0 Å². The molecule has 1 aliphatic carbocycles. The van der Waals surface area contributed by atoms with Crippen molar-refractivity contribution in [3.05, 3.63) is 29.8 Å². The van der Waals surface area contributed by atoms with E-state index in [2.05, 4.69) is 47.0 Å². The summed E-state index contributed by atoms with van der Waals surface area (Å²) in [5.41, 5.74) is 1.29. The minimum atomic E-state index is -0.447. The summed E-state index contributed by atoms with van der Waals surface area (Å²) < 4.78 is 5.92. The van der Waals surface area contributed by atoms with Gasteiger partial charge in [-0.25, -0.2) is 0 Å². The van der Waals surface area contributed by atoms with E-state index in [4.69, 9.17) is 4.74 Å². The molecule has 28 heavy (non-hydrogen) atoms. The van der Waals surface area contributed by atoms with Gasteiger partial charge in [0.2, 0.25) is 0 Å². The first-order valence-electron chi connectivity index (χ1n) is 11.1. The van der Waals surface area contributed by atoms with Crippen LogP contribution in [0.2, 0.25) is 0 Å². The van der Waals surface area contributed by atoms with Gasteiger partial charge in [0, 0.05) is 32.2 Å². The molecule has 1 N–H and O–H groups in total. The lowest BCUT2D eigenvalue weighted by molar-refractivity contribution is 0.0561.